The summed E-state index contributed by atoms with van der Waals surface area (Å²) in [6, 6.07) is 14.8. The second-order valence-corrected chi connectivity index (χ2v) is 7.06. The van der Waals surface area contributed by atoms with E-state index >= 15 is 0 Å². The first kappa shape index (κ1) is 15.9. The molecule has 0 saturated heterocycles. The van der Waals surface area contributed by atoms with Crippen LogP contribution in [0.15, 0.2) is 58.3 Å². The van der Waals surface area contributed by atoms with E-state index < -0.39 is 10.1 Å². The smallest absolute Gasteiger partial charge is 0.294 e. The average molecular weight is 323 g/mol. The Morgan fingerprint density at radius 1 is 1.10 bits per heavy atom. The number of hydrogen-bond acceptors (Lipinski definition) is 4. The van der Waals surface area contributed by atoms with E-state index in [9.17, 15) is 8.42 Å². The van der Waals surface area contributed by atoms with Gasteiger partial charge in [0.2, 0.25) is 0 Å². The van der Waals surface area contributed by atoms with Crippen molar-refractivity contribution in [3.63, 3.8) is 0 Å². The van der Waals surface area contributed by atoms with Crippen molar-refractivity contribution >= 4 is 27.6 Å². The summed E-state index contributed by atoms with van der Waals surface area (Å²) < 4.78 is 29.9. The molecule has 0 amide bonds. The molecular weight excluding hydrogens is 306 g/mol. The van der Waals surface area contributed by atoms with Crippen molar-refractivity contribution in [3.8, 4) is 0 Å². The van der Waals surface area contributed by atoms with Gasteiger partial charge in [-0.3, -0.25) is 4.55 Å². The van der Waals surface area contributed by atoms with Crippen molar-refractivity contribution in [1.29, 1.82) is 0 Å². The topological polar surface area (TPSA) is 57.6 Å². The minimum absolute atomic E-state index is 0.0278. The second kappa shape index (κ2) is 6.51. The average Bonchev–Trinajstić information content (AvgIpc) is 2.81. The summed E-state index contributed by atoms with van der Waals surface area (Å²) in [5, 5.41) is 0. The summed E-state index contributed by atoms with van der Waals surface area (Å²) in [6.45, 7) is 1.63. The Balaban J connectivity index is 0.000000154. The monoisotopic (exact) mass is 323 g/mol. The number of aryl methyl sites for hydroxylation is 1. The fourth-order valence-electron chi connectivity index (χ4n) is 1.98. The van der Waals surface area contributed by atoms with Crippen LogP contribution in [0, 0.1) is 6.92 Å². The van der Waals surface area contributed by atoms with Crippen LogP contribution in [0.1, 0.15) is 5.56 Å². The highest BCUT2D eigenvalue weighted by Gasteiger charge is 2.13. The Kier molecular flexibility index (Phi) is 4.92. The highest BCUT2D eigenvalue weighted by Crippen LogP contribution is 2.36. The van der Waals surface area contributed by atoms with E-state index in [0.717, 1.165) is 5.88 Å². The molecule has 1 N–H and O–H groups in total. The van der Waals surface area contributed by atoms with Gasteiger partial charge in [0.25, 0.3) is 10.1 Å². The lowest BCUT2D eigenvalue weighted by Gasteiger charge is -2.08. The minimum Gasteiger partial charge on any atom is -0.364 e. The third kappa shape index (κ3) is 4.00. The first-order valence-corrected chi connectivity index (χ1v) is 8.78. The zero-order valence-corrected chi connectivity index (χ0v) is 13.5. The SMILES string of the molecule is CN1CSc2ccccc21.Cc1ccccc1S(=O)(=O)O. The molecule has 0 unspecified atom stereocenters. The second-order valence-electron chi connectivity index (χ2n) is 4.68. The van der Waals surface area contributed by atoms with Crippen LogP contribution in [0.3, 0.4) is 0 Å². The third-order valence-corrected chi connectivity index (χ3v) is 5.25. The molecule has 0 spiro atoms. The largest absolute Gasteiger partial charge is 0.364 e. The van der Waals surface area contributed by atoms with E-state index in [4.69, 9.17) is 4.55 Å². The number of fused-ring (bicyclic) bond motifs is 1. The van der Waals surface area contributed by atoms with Crippen molar-refractivity contribution < 1.29 is 13.0 Å². The maximum Gasteiger partial charge on any atom is 0.294 e. The van der Waals surface area contributed by atoms with Crippen LogP contribution in [-0.4, -0.2) is 25.9 Å². The molecule has 6 heteroatoms. The minimum atomic E-state index is -4.03. The molecule has 21 heavy (non-hydrogen) atoms. The molecule has 112 valence electrons. The lowest BCUT2D eigenvalue weighted by atomic mass is 10.2. The van der Waals surface area contributed by atoms with Gasteiger partial charge in [-0.1, -0.05) is 30.3 Å². The van der Waals surface area contributed by atoms with E-state index in [2.05, 4.69) is 36.2 Å². The molecule has 0 aromatic heterocycles. The van der Waals surface area contributed by atoms with Gasteiger partial charge in [0.1, 0.15) is 0 Å². The van der Waals surface area contributed by atoms with E-state index in [0.29, 0.717) is 5.56 Å². The van der Waals surface area contributed by atoms with E-state index in [-0.39, 0.29) is 4.90 Å². The van der Waals surface area contributed by atoms with Crippen molar-refractivity contribution in [2.45, 2.75) is 16.7 Å². The first-order chi connectivity index (χ1) is 9.89. The van der Waals surface area contributed by atoms with E-state index in [1.807, 2.05) is 11.8 Å². The number of para-hydroxylation sites is 1. The highest BCUT2D eigenvalue weighted by atomic mass is 32.2. The summed E-state index contributed by atoms with van der Waals surface area (Å²) in [5.74, 6) is 1.10. The van der Waals surface area contributed by atoms with Crippen LogP contribution >= 0.6 is 11.8 Å². The fourth-order valence-corrected chi connectivity index (χ4v) is 3.72. The van der Waals surface area contributed by atoms with Gasteiger partial charge < -0.3 is 4.90 Å². The number of anilines is 1. The highest BCUT2D eigenvalue weighted by molar-refractivity contribution is 7.99. The molecule has 1 heterocycles. The molecule has 0 fully saturated rings. The Morgan fingerprint density at radius 3 is 2.29 bits per heavy atom. The summed E-state index contributed by atoms with van der Waals surface area (Å²) >= 11 is 1.90. The predicted octanol–water partition coefficient (Wildman–Crippen LogP) is 3.43. The molecule has 3 rings (SSSR count). The van der Waals surface area contributed by atoms with Crippen LogP contribution in [-0.2, 0) is 10.1 Å². The maximum absolute atomic E-state index is 10.6. The molecule has 0 radical (unpaired) electrons. The van der Waals surface area contributed by atoms with Gasteiger partial charge in [0.15, 0.2) is 0 Å². The maximum atomic E-state index is 10.6. The molecular formula is C15H17NO3S2. The van der Waals surface area contributed by atoms with Crippen LogP contribution < -0.4 is 4.90 Å². The summed E-state index contributed by atoms with van der Waals surface area (Å²) in [5.41, 5.74) is 1.92. The molecule has 0 aliphatic carbocycles. The molecule has 1 aliphatic rings. The summed E-state index contributed by atoms with van der Waals surface area (Å²) in [7, 11) is -1.91. The van der Waals surface area contributed by atoms with Crippen LogP contribution in [0.25, 0.3) is 0 Å². The van der Waals surface area contributed by atoms with Gasteiger partial charge in [0.05, 0.1) is 16.5 Å². The van der Waals surface area contributed by atoms with E-state index in [1.54, 1.807) is 25.1 Å². The predicted molar refractivity (Wildman–Crippen MR) is 86.6 cm³/mol. The van der Waals surface area contributed by atoms with Crippen LogP contribution in [0.5, 0.6) is 0 Å². The Morgan fingerprint density at radius 2 is 1.71 bits per heavy atom. The summed E-state index contributed by atoms with van der Waals surface area (Å²) in [4.78, 5) is 3.64. The molecule has 4 nitrogen and oxygen atoms in total. The fraction of sp³-hybridized carbons (Fsp3) is 0.200. The number of hydrogen-bond donors (Lipinski definition) is 1. The molecule has 0 bridgehead atoms. The zero-order chi connectivity index (χ0) is 15.5. The lowest BCUT2D eigenvalue weighted by Crippen LogP contribution is -2.10. The molecule has 2 aromatic rings. The Bertz CT molecular complexity index is 729. The third-order valence-electron chi connectivity index (χ3n) is 3.06. The number of nitrogens with zero attached hydrogens (tertiary/aromatic N) is 1. The van der Waals surface area contributed by atoms with Crippen LogP contribution in [0.4, 0.5) is 5.69 Å². The zero-order valence-electron chi connectivity index (χ0n) is 11.9. The lowest BCUT2D eigenvalue weighted by molar-refractivity contribution is 0.482. The van der Waals surface area contributed by atoms with Crippen LogP contribution in [0.2, 0.25) is 0 Å². The van der Waals surface area contributed by atoms with Gasteiger partial charge in [-0.2, -0.15) is 8.42 Å². The molecule has 0 saturated carbocycles. The summed E-state index contributed by atoms with van der Waals surface area (Å²) in [6.07, 6.45) is 0. The van der Waals surface area contributed by atoms with Gasteiger partial charge in [-0.25, -0.2) is 0 Å². The Hall–Kier alpha value is -1.50. The van der Waals surface area contributed by atoms with Crippen molar-refractivity contribution in [2.24, 2.45) is 0 Å². The van der Waals surface area contributed by atoms with Gasteiger partial charge in [-0.15, -0.1) is 11.8 Å². The van der Waals surface area contributed by atoms with Crippen molar-refractivity contribution in [1.82, 2.24) is 0 Å². The molecule has 0 atom stereocenters. The molecule has 1 aliphatic heterocycles. The van der Waals surface area contributed by atoms with E-state index in [1.165, 1.54) is 16.6 Å². The number of benzene rings is 2. The van der Waals surface area contributed by atoms with Gasteiger partial charge in [-0.05, 0) is 30.7 Å². The van der Waals surface area contributed by atoms with Gasteiger partial charge in [0, 0.05) is 11.9 Å². The quantitative estimate of drug-likeness (QED) is 0.815. The number of thioether (sulfide) groups is 1. The Labute approximate surface area is 129 Å². The normalized spacial score (nSPS) is 13.4. The number of rotatable bonds is 1. The van der Waals surface area contributed by atoms with Gasteiger partial charge >= 0.3 is 0 Å². The molecule has 2 aromatic carbocycles. The first-order valence-electron chi connectivity index (χ1n) is 6.35. The van der Waals surface area contributed by atoms with Crippen molar-refractivity contribution in [2.75, 3.05) is 17.8 Å². The van der Waals surface area contributed by atoms with Crippen molar-refractivity contribution in [3.05, 3.63) is 54.1 Å². The standard InChI is InChI=1S/C8H9NS.C7H8O3S/c1-9-6-10-8-5-3-2-4-7(8)9;1-6-4-2-3-5-7(6)11(8,9)10/h2-5H,6H2,1H3;2-5H,1H3,(H,8,9,10).